The van der Waals surface area contributed by atoms with Crippen LogP contribution in [-0.4, -0.2) is 35.8 Å². The first-order valence-electron chi connectivity index (χ1n) is 5.25. The number of aliphatic hydroxyl groups is 1. The van der Waals surface area contributed by atoms with E-state index in [1.807, 2.05) is 11.8 Å². The predicted molar refractivity (Wildman–Crippen MR) is 59.3 cm³/mol. The van der Waals surface area contributed by atoms with E-state index >= 15 is 0 Å². The van der Waals surface area contributed by atoms with Crippen LogP contribution in [0.4, 0.5) is 0 Å². The summed E-state index contributed by atoms with van der Waals surface area (Å²) in [4.78, 5) is 0. The van der Waals surface area contributed by atoms with Crippen molar-refractivity contribution in [1.82, 2.24) is 5.32 Å². The fourth-order valence-corrected chi connectivity index (χ4v) is 2.33. The van der Waals surface area contributed by atoms with Gasteiger partial charge in [-0.2, -0.15) is 11.8 Å². The van der Waals surface area contributed by atoms with Gasteiger partial charge in [-0.3, -0.25) is 0 Å². The van der Waals surface area contributed by atoms with Gasteiger partial charge in [0.25, 0.3) is 0 Å². The maximum absolute atomic E-state index is 9.53. The molecule has 2 nitrogen and oxygen atoms in total. The summed E-state index contributed by atoms with van der Waals surface area (Å²) in [5.74, 6) is 1.26. The Morgan fingerprint density at radius 3 is 2.85 bits per heavy atom. The molecular formula is C10H21NOS. The van der Waals surface area contributed by atoms with E-state index < -0.39 is 0 Å². The van der Waals surface area contributed by atoms with Crippen molar-refractivity contribution in [3.8, 4) is 0 Å². The van der Waals surface area contributed by atoms with Gasteiger partial charge >= 0.3 is 0 Å². The van der Waals surface area contributed by atoms with E-state index in [0.29, 0.717) is 6.04 Å². The van der Waals surface area contributed by atoms with Crippen LogP contribution in [0.1, 0.15) is 32.1 Å². The van der Waals surface area contributed by atoms with E-state index in [4.69, 9.17) is 0 Å². The van der Waals surface area contributed by atoms with Crippen molar-refractivity contribution in [3.63, 3.8) is 0 Å². The standard InChI is InChI=1S/C10H21NOS/c1-13-8-3-2-7-11-9-5-4-6-10(9)12/h9-12H,2-8H2,1H3. The quantitative estimate of drug-likeness (QED) is 0.644. The highest BCUT2D eigenvalue weighted by atomic mass is 32.2. The number of rotatable bonds is 6. The van der Waals surface area contributed by atoms with Crippen molar-refractivity contribution in [3.05, 3.63) is 0 Å². The Kier molecular flexibility index (Phi) is 5.83. The smallest absolute Gasteiger partial charge is 0.0693 e. The zero-order valence-corrected chi connectivity index (χ0v) is 9.28. The van der Waals surface area contributed by atoms with Crippen molar-refractivity contribution >= 4 is 11.8 Å². The zero-order chi connectivity index (χ0) is 9.52. The van der Waals surface area contributed by atoms with Crippen LogP contribution in [0, 0.1) is 0 Å². The van der Waals surface area contributed by atoms with Gasteiger partial charge in [-0.15, -0.1) is 0 Å². The van der Waals surface area contributed by atoms with Crippen molar-refractivity contribution < 1.29 is 5.11 Å². The second-order valence-corrected chi connectivity index (χ2v) is 4.74. The Bertz CT molecular complexity index is 132. The van der Waals surface area contributed by atoms with Gasteiger partial charge in [0, 0.05) is 6.04 Å². The van der Waals surface area contributed by atoms with Gasteiger partial charge in [0.05, 0.1) is 6.10 Å². The third-order valence-electron chi connectivity index (χ3n) is 2.66. The summed E-state index contributed by atoms with van der Waals surface area (Å²) in [6.07, 6.45) is 7.92. The molecule has 0 saturated heterocycles. The lowest BCUT2D eigenvalue weighted by Gasteiger charge is -2.15. The van der Waals surface area contributed by atoms with Gasteiger partial charge in [0.2, 0.25) is 0 Å². The van der Waals surface area contributed by atoms with Crippen LogP contribution in [0.2, 0.25) is 0 Å². The highest BCUT2D eigenvalue weighted by Crippen LogP contribution is 2.18. The largest absolute Gasteiger partial charge is 0.392 e. The molecule has 2 N–H and O–H groups in total. The molecule has 13 heavy (non-hydrogen) atoms. The Hall–Kier alpha value is 0.270. The molecule has 1 rings (SSSR count). The van der Waals surface area contributed by atoms with Crippen LogP contribution < -0.4 is 5.32 Å². The van der Waals surface area contributed by atoms with Crippen LogP contribution >= 0.6 is 11.8 Å². The van der Waals surface area contributed by atoms with Crippen LogP contribution in [0.3, 0.4) is 0 Å². The first-order chi connectivity index (χ1) is 6.34. The number of thioether (sulfide) groups is 1. The minimum absolute atomic E-state index is 0.0828. The molecule has 78 valence electrons. The van der Waals surface area contributed by atoms with Crippen LogP contribution in [0.5, 0.6) is 0 Å². The fraction of sp³-hybridized carbons (Fsp3) is 1.00. The molecule has 0 radical (unpaired) electrons. The summed E-state index contributed by atoms with van der Waals surface area (Å²) in [7, 11) is 0. The van der Waals surface area contributed by atoms with E-state index in [0.717, 1.165) is 19.4 Å². The van der Waals surface area contributed by atoms with Gasteiger partial charge in [-0.05, 0) is 50.7 Å². The van der Waals surface area contributed by atoms with Crippen LogP contribution in [0.15, 0.2) is 0 Å². The second-order valence-electron chi connectivity index (χ2n) is 3.76. The second kappa shape index (κ2) is 6.68. The van der Waals surface area contributed by atoms with E-state index in [9.17, 15) is 5.11 Å². The van der Waals surface area contributed by atoms with Crippen molar-refractivity contribution in [1.29, 1.82) is 0 Å². The third kappa shape index (κ3) is 4.34. The van der Waals surface area contributed by atoms with Crippen molar-refractivity contribution in [2.24, 2.45) is 0 Å². The van der Waals surface area contributed by atoms with Gasteiger partial charge in [-0.25, -0.2) is 0 Å². The maximum atomic E-state index is 9.53. The molecule has 2 atom stereocenters. The molecule has 0 aromatic heterocycles. The topological polar surface area (TPSA) is 32.3 Å². The Morgan fingerprint density at radius 2 is 2.23 bits per heavy atom. The number of unbranched alkanes of at least 4 members (excludes halogenated alkanes) is 1. The number of aliphatic hydroxyl groups excluding tert-OH is 1. The number of hydrogen-bond acceptors (Lipinski definition) is 3. The first-order valence-corrected chi connectivity index (χ1v) is 6.64. The number of hydrogen-bond donors (Lipinski definition) is 2. The zero-order valence-electron chi connectivity index (χ0n) is 8.46. The predicted octanol–water partition coefficient (Wildman–Crippen LogP) is 1.63. The highest BCUT2D eigenvalue weighted by molar-refractivity contribution is 7.98. The van der Waals surface area contributed by atoms with Crippen molar-refractivity contribution in [2.75, 3.05) is 18.6 Å². The molecule has 1 fully saturated rings. The lowest BCUT2D eigenvalue weighted by molar-refractivity contribution is 0.149. The first kappa shape index (κ1) is 11.3. The molecule has 0 aromatic carbocycles. The molecule has 1 aliphatic carbocycles. The molecule has 2 unspecified atom stereocenters. The summed E-state index contributed by atoms with van der Waals surface area (Å²) in [6.45, 7) is 1.07. The SMILES string of the molecule is CSCCCCNC1CCCC1O. The molecule has 0 bridgehead atoms. The summed E-state index contributed by atoms with van der Waals surface area (Å²) in [6, 6.07) is 0.384. The normalized spacial score (nSPS) is 28.2. The lowest BCUT2D eigenvalue weighted by Crippen LogP contribution is -2.36. The summed E-state index contributed by atoms with van der Waals surface area (Å²) in [5, 5.41) is 13.0. The molecule has 0 heterocycles. The molecule has 0 aliphatic heterocycles. The van der Waals surface area contributed by atoms with Crippen molar-refractivity contribution in [2.45, 2.75) is 44.2 Å². The molecule has 0 aromatic rings. The van der Waals surface area contributed by atoms with Gasteiger partial charge in [-0.1, -0.05) is 0 Å². The minimum atomic E-state index is -0.0828. The number of nitrogens with one attached hydrogen (secondary N) is 1. The molecule has 1 saturated carbocycles. The van der Waals surface area contributed by atoms with Crippen LogP contribution in [-0.2, 0) is 0 Å². The third-order valence-corrected chi connectivity index (χ3v) is 3.36. The van der Waals surface area contributed by atoms with Gasteiger partial charge in [0.1, 0.15) is 0 Å². The highest BCUT2D eigenvalue weighted by Gasteiger charge is 2.23. The maximum Gasteiger partial charge on any atom is 0.0693 e. The van der Waals surface area contributed by atoms with E-state index in [1.54, 1.807) is 0 Å². The molecular weight excluding hydrogens is 182 g/mol. The average molecular weight is 203 g/mol. The molecule has 3 heteroatoms. The summed E-state index contributed by atoms with van der Waals surface area (Å²) >= 11 is 1.91. The molecule has 1 aliphatic rings. The van der Waals surface area contributed by atoms with Gasteiger partial charge in [0.15, 0.2) is 0 Å². The summed E-state index contributed by atoms with van der Waals surface area (Å²) < 4.78 is 0. The lowest BCUT2D eigenvalue weighted by atomic mass is 10.2. The van der Waals surface area contributed by atoms with E-state index in [2.05, 4.69) is 11.6 Å². The minimum Gasteiger partial charge on any atom is -0.392 e. The van der Waals surface area contributed by atoms with Crippen LogP contribution in [0.25, 0.3) is 0 Å². The summed E-state index contributed by atoms with van der Waals surface area (Å²) in [5.41, 5.74) is 0. The average Bonchev–Trinajstić information content (AvgIpc) is 2.52. The molecule has 0 amide bonds. The van der Waals surface area contributed by atoms with Gasteiger partial charge < -0.3 is 10.4 Å². The Labute approximate surface area is 85.5 Å². The Balaban J connectivity index is 1.93. The van der Waals surface area contributed by atoms with E-state index in [1.165, 1.54) is 25.0 Å². The fourth-order valence-electron chi connectivity index (χ4n) is 1.84. The monoisotopic (exact) mass is 203 g/mol. The molecule has 0 spiro atoms. The van der Waals surface area contributed by atoms with E-state index in [-0.39, 0.29) is 6.10 Å². The Morgan fingerprint density at radius 1 is 1.38 bits per heavy atom.